The molecule has 0 aromatic carbocycles. The summed E-state index contributed by atoms with van der Waals surface area (Å²) < 4.78 is 7.07. The van der Waals surface area contributed by atoms with Crippen molar-refractivity contribution < 1.29 is 14.0 Å². The second-order valence-corrected chi connectivity index (χ2v) is 8.98. The normalized spacial score (nSPS) is 14.7. The summed E-state index contributed by atoms with van der Waals surface area (Å²) in [6, 6.07) is 5.13. The molecule has 0 spiro atoms. The van der Waals surface area contributed by atoms with Gasteiger partial charge in [0, 0.05) is 43.3 Å². The predicted molar refractivity (Wildman–Crippen MR) is 119 cm³/mol. The van der Waals surface area contributed by atoms with Gasteiger partial charge in [-0.2, -0.15) is 0 Å². The number of amides is 2. The van der Waals surface area contributed by atoms with Crippen molar-refractivity contribution in [2.75, 3.05) is 18.8 Å². The minimum absolute atomic E-state index is 0.0979. The highest BCUT2D eigenvalue weighted by Crippen LogP contribution is 2.24. The minimum atomic E-state index is -0.303. The van der Waals surface area contributed by atoms with Gasteiger partial charge in [-0.15, -0.1) is 22.0 Å². The molecule has 168 valence electrons. The first-order chi connectivity index (χ1) is 15.5. The molecule has 3 aromatic heterocycles. The lowest BCUT2D eigenvalue weighted by molar-refractivity contribution is -0.128. The van der Waals surface area contributed by atoms with E-state index in [4.69, 9.17) is 4.42 Å². The number of carbonyl (C=O) groups excluding carboxylic acids is 2. The molecule has 0 fully saturated rings. The van der Waals surface area contributed by atoms with Crippen LogP contribution in [0.25, 0.3) is 0 Å². The number of carbonyl (C=O) groups is 2. The number of nitrogens with one attached hydrogen (secondary N) is 1. The van der Waals surface area contributed by atoms with E-state index in [0.717, 1.165) is 10.7 Å². The lowest BCUT2D eigenvalue weighted by Crippen LogP contribution is -2.36. The van der Waals surface area contributed by atoms with Crippen LogP contribution in [-0.2, 0) is 17.8 Å². The first-order valence-electron chi connectivity index (χ1n) is 10.6. The van der Waals surface area contributed by atoms with Crippen LogP contribution in [0.5, 0.6) is 0 Å². The second-order valence-electron chi connectivity index (χ2n) is 7.94. The third-order valence-corrected chi connectivity index (χ3v) is 6.43. The van der Waals surface area contributed by atoms with Gasteiger partial charge < -0.3 is 19.2 Å². The van der Waals surface area contributed by atoms with E-state index in [0.29, 0.717) is 43.2 Å². The van der Waals surface area contributed by atoms with E-state index >= 15 is 0 Å². The van der Waals surface area contributed by atoms with Crippen molar-refractivity contribution in [1.82, 2.24) is 30.0 Å². The number of hydrogen-bond acceptors (Lipinski definition) is 7. The topological polar surface area (TPSA) is 106 Å². The molecule has 0 saturated heterocycles. The smallest absolute Gasteiger partial charge is 0.255 e. The maximum atomic E-state index is 12.8. The maximum absolute atomic E-state index is 12.8. The zero-order chi connectivity index (χ0) is 22.5. The van der Waals surface area contributed by atoms with Crippen LogP contribution in [0.2, 0.25) is 0 Å². The van der Waals surface area contributed by atoms with E-state index in [1.165, 1.54) is 24.3 Å². The Hall–Kier alpha value is -3.14. The van der Waals surface area contributed by atoms with Crippen LogP contribution in [0.3, 0.4) is 0 Å². The molecule has 32 heavy (non-hydrogen) atoms. The van der Waals surface area contributed by atoms with Gasteiger partial charge >= 0.3 is 0 Å². The number of aromatic nitrogens is 4. The van der Waals surface area contributed by atoms with Crippen LogP contribution in [0.4, 0.5) is 0 Å². The molecule has 1 atom stereocenters. The number of pyridine rings is 1. The van der Waals surface area contributed by atoms with Crippen LogP contribution in [-0.4, -0.2) is 55.3 Å². The number of furan rings is 1. The maximum Gasteiger partial charge on any atom is 0.255 e. The van der Waals surface area contributed by atoms with Gasteiger partial charge in [-0.1, -0.05) is 13.8 Å². The molecule has 3 aromatic rings. The first kappa shape index (κ1) is 22.1. The van der Waals surface area contributed by atoms with Crippen LogP contribution in [0.1, 0.15) is 41.9 Å². The quantitative estimate of drug-likeness (QED) is 0.547. The Morgan fingerprint density at radius 1 is 1.16 bits per heavy atom. The van der Waals surface area contributed by atoms with Crippen LogP contribution < -0.4 is 5.32 Å². The first-order valence-corrected chi connectivity index (χ1v) is 11.6. The average Bonchev–Trinajstić information content (AvgIpc) is 3.42. The van der Waals surface area contributed by atoms with E-state index < -0.39 is 0 Å². The molecule has 4 rings (SSSR count). The standard InChI is InChI=1S/C22H26N6O3S/c1-15(2)20(24-22(30)16-6-12-31-13-16)21-26-25-18-5-9-27(10-11-28(18)21)19(29)14-32-17-3-7-23-8-4-17/h3-4,6-8,12-13,15,20H,5,9-11,14H2,1-2H3,(H,24,30). The lowest BCUT2D eigenvalue weighted by atomic mass is 10.0. The summed E-state index contributed by atoms with van der Waals surface area (Å²) in [6.07, 6.45) is 6.97. The van der Waals surface area contributed by atoms with Crippen molar-refractivity contribution in [3.05, 3.63) is 60.3 Å². The molecule has 0 aliphatic carbocycles. The Kier molecular flexibility index (Phi) is 6.89. The van der Waals surface area contributed by atoms with Gasteiger partial charge in [0.25, 0.3) is 5.91 Å². The Morgan fingerprint density at radius 2 is 1.97 bits per heavy atom. The minimum Gasteiger partial charge on any atom is -0.472 e. The molecule has 4 heterocycles. The molecule has 1 aliphatic rings. The number of rotatable bonds is 7. The molecule has 2 amide bonds. The van der Waals surface area contributed by atoms with E-state index in [-0.39, 0.29) is 23.8 Å². The van der Waals surface area contributed by atoms with Crippen molar-refractivity contribution in [2.24, 2.45) is 5.92 Å². The van der Waals surface area contributed by atoms with Gasteiger partial charge in [-0.05, 0) is 24.1 Å². The van der Waals surface area contributed by atoms with E-state index in [2.05, 4.69) is 20.5 Å². The Labute approximate surface area is 190 Å². The summed E-state index contributed by atoms with van der Waals surface area (Å²) in [5.74, 6) is 1.92. The van der Waals surface area contributed by atoms with E-state index in [9.17, 15) is 9.59 Å². The molecular formula is C22H26N6O3S. The third-order valence-electron chi connectivity index (χ3n) is 5.43. The molecular weight excluding hydrogens is 428 g/mol. The zero-order valence-corrected chi connectivity index (χ0v) is 18.9. The average molecular weight is 455 g/mol. The largest absolute Gasteiger partial charge is 0.472 e. The van der Waals surface area contributed by atoms with Gasteiger partial charge in [0.2, 0.25) is 5.91 Å². The third kappa shape index (κ3) is 5.01. The zero-order valence-electron chi connectivity index (χ0n) is 18.1. The Morgan fingerprint density at radius 3 is 2.69 bits per heavy atom. The van der Waals surface area contributed by atoms with Crippen molar-refractivity contribution in [3.8, 4) is 0 Å². The summed E-state index contributed by atoms with van der Waals surface area (Å²) in [7, 11) is 0. The van der Waals surface area contributed by atoms with Gasteiger partial charge in [-0.3, -0.25) is 14.6 Å². The molecule has 1 N–H and O–H groups in total. The summed E-state index contributed by atoms with van der Waals surface area (Å²) in [6.45, 7) is 5.83. The summed E-state index contributed by atoms with van der Waals surface area (Å²) in [4.78, 5) is 32.3. The molecule has 10 heteroatoms. The van der Waals surface area contributed by atoms with Gasteiger partial charge in [0.15, 0.2) is 5.82 Å². The van der Waals surface area contributed by atoms with Crippen molar-refractivity contribution in [2.45, 2.75) is 37.8 Å². The molecule has 0 radical (unpaired) electrons. The highest BCUT2D eigenvalue weighted by atomic mass is 32.2. The fourth-order valence-electron chi connectivity index (χ4n) is 3.64. The number of fused-ring (bicyclic) bond motifs is 1. The van der Waals surface area contributed by atoms with Crippen LogP contribution >= 0.6 is 11.8 Å². The Bertz CT molecular complexity index is 1050. The molecule has 1 unspecified atom stereocenters. The number of thioether (sulfide) groups is 1. The monoisotopic (exact) mass is 454 g/mol. The van der Waals surface area contributed by atoms with Crippen molar-refractivity contribution >= 4 is 23.6 Å². The van der Waals surface area contributed by atoms with Crippen molar-refractivity contribution in [3.63, 3.8) is 0 Å². The fourth-order valence-corrected chi connectivity index (χ4v) is 4.43. The van der Waals surface area contributed by atoms with Crippen LogP contribution in [0, 0.1) is 5.92 Å². The SMILES string of the molecule is CC(C)C(NC(=O)c1ccoc1)c1nnc2n1CCN(C(=O)CSc1ccncc1)CC2. The highest BCUT2D eigenvalue weighted by Gasteiger charge is 2.28. The lowest BCUT2D eigenvalue weighted by Gasteiger charge is -2.23. The second kappa shape index (κ2) is 9.99. The number of nitrogens with zero attached hydrogens (tertiary/aromatic N) is 5. The fraction of sp³-hybridized carbons (Fsp3) is 0.409. The van der Waals surface area contributed by atoms with Gasteiger partial charge in [-0.25, -0.2) is 0 Å². The summed E-state index contributed by atoms with van der Waals surface area (Å²) in [5.41, 5.74) is 0.467. The molecule has 9 nitrogen and oxygen atoms in total. The Balaban J connectivity index is 1.42. The predicted octanol–water partition coefficient (Wildman–Crippen LogP) is 2.57. The highest BCUT2D eigenvalue weighted by molar-refractivity contribution is 8.00. The van der Waals surface area contributed by atoms with Crippen molar-refractivity contribution in [1.29, 1.82) is 0 Å². The summed E-state index contributed by atoms with van der Waals surface area (Å²) in [5, 5.41) is 11.8. The van der Waals surface area contributed by atoms with E-state index in [1.807, 2.05) is 35.4 Å². The number of hydrogen-bond donors (Lipinski definition) is 1. The molecule has 0 saturated carbocycles. The molecule has 0 bridgehead atoms. The van der Waals surface area contributed by atoms with Gasteiger partial charge in [0.1, 0.15) is 12.1 Å². The van der Waals surface area contributed by atoms with Gasteiger partial charge in [0.05, 0.1) is 23.6 Å². The van der Waals surface area contributed by atoms with Crippen LogP contribution in [0.15, 0.2) is 52.4 Å². The summed E-state index contributed by atoms with van der Waals surface area (Å²) >= 11 is 1.51. The van der Waals surface area contributed by atoms with E-state index in [1.54, 1.807) is 18.5 Å². The molecule has 1 aliphatic heterocycles.